The average molecular weight is 502 g/mol. The summed E-state index contributed by atoms with van der Waals surface area (Å²) in [5, 5.41) is 6.88. The molecule has 0 atom stereocenters. The molecule has 0 amide bonds. The number of hydrogen-bond donors (Lipinski definition) is 1. The molecular weight excluding hydrogens is 484 g/mol. The fourth-order valence-electron chi connectivity index (χ4n) is 3.64. The first-order valence-electron chi connectivity index (χ1n) is 10.1. The highest BCUT2D eigenvalue weighted by molar-refractivity contribution is 9.10. The smallest absolute Gasteiger partial charge is 0.147 e. The minimum absolute atomic E-state index is 0.412. The Bertz CT molecular complexity index is 1480. The SMILES string of the molecule is Cc1ccc2cc(/C=N\Nc3cc(-c4ccccc4)c4cc(Br)ccc4n3)c(Cl)nc2c1. The molecule has 0 spiro atoms. The number of aryl methyl sites for hydroxylation is 1. The van der Waals surface area contributed by atoms with E-state index in [0.29, 0.717) is 11.0 Å². The van der Waals surface area contributed by atoms with Crippen LogP contribution in [-0.2, 0) is 0 Å². The lowest BCUT2D eigenvalue weighted by molar-refractivity contribution is 1.26. The van der Waals surface area contributed by atoms with Gasteiger partial charge in [-0.3, -0.25) is 5.43 Å². The van der Waals surface area contributed by atoms with Crippen LogP contribution >= 0.6 is 27.5 Å². The van der Waals surface area contributed by atoms with Crippen molar-refractivity contribution in [3.63, 3.8) is 0 Å². The summed E-state index contributed by atoms with van der Waals surface area (Å²) in [6.45, 7) is 2.03. The highest BCUT2D eigenvalue weighted by Gasteiger charge is 2.09. The average Bonchev–Trinajstić information content (AvgIpc) is 2.80. The Morgan fingerprint density at radius 1 is 0.906 bits per heavy atom. The van der Waals surface area contributed by atoms with E-state index in [4.69, 9.17) is 16.6 Å². The summed E-state index contributed by atoms with van der Waals surface area (Å²) in [7, 11) is 0. The predicted octanol–water partition coefficient (Wildman–Crippen LogP) is 7.62. The minimum atomic E-state index is 0.412. The molecule has 5 aromatic rings. The second-order valence-corrected chi connectivity index (χ2v) is 8.79. The summed E-state index contributed by atoms with van der Waals surface area (Å²) in [6.07, 6.45) is 1.67. The molecule has 2 aromatic heterocycles. The van der Waals surface area contributed by atoms with Gasteiger partial charge in [0, 0.05) is 20.8 Å². The van der Waals surface area contributed by atoms with Crippen LogP contribution < -0.4 is 5.43 Å². The van der Waals surface area contributed by atoms with Crippen molar-refractivity contribution in [2.45, 2.75) is 6.92 Å². The third kappa shape index (κ3) is 4.22. The molecule has 0 saturated carbocycles. The molecule has 156 valence electrons. The molecule has 0 aliphatic heterocycles. The van der Waals surface area contributed by atoms with E-state index in [-0.39, 0.29) is 0 Å². The summed E-state index contributed by atoms with van der Waals surface area (Å²) >= 11 is 9.95. The second-order valence-electron chi connectivity index (χ2n) is 7.52. The highest BCUT2D eigenvalue weighted by atomic mass is 79.9. The van der Waals surface area contributed by atoms with Crippen LogP contribution in [-0.4, -0.2) is 16.2 Å². The number of anilines is 1. The molecule has 2 heterocycles. The van der Waals surface area contributed by atoms with Gasteiger partial charge in [-0.05, 0) is 60.0 Å². The van der Waals surface area contributed by atoms with Gasteiger partial charge in [0.05, 0.1) is 17.2 Å². The van der Waals surface area contributed by atoms with E-state index in [2.05, 4.69) is 55.7 Å². The summed E-state index contributed by atoms with van der Waals surface area (Å²) < 4.78 is 1.01. The lowest BCUT2D eigenvalue weighted by atomic mass is 10.0. The standard InChI is InChI=1S/C26H18BrClN4/c1-16-7-8-18-12-19(26(28)31-24(18)11-16)15-29-32-25-14-21(17-5-3-2-4-6-17)22-13-20(27)9-10-23(22)30-25/h2-15H,1H3,(H,30,32)/b29-15-. The van der Waals surface area contributed by atoms with Crippen molar-refractivity contribution in [3.05, 3.63) is 99.6 Å². The second kappa shape index (κ2) is 8.69. The Morgan fingerprint density at radius 3 is 2.59 bits per heavy atom. The third-order valence-electron chi connectivity index (χ3n) is 5.19. The van der Waals surface area contributed by atoms with Gasteiger partial charge in [0.15, 0.2) is 0 Å². The van der Waals surface area contributed by atoms with Gasteiger partial charge < -0.3 is 0 Å². The van der Waals surface area contributed by atoms with Gasteiger partial charge in [0.25, 0.3) is 0 Å². The van der Waals surface area contributed by atoms with Crippen molar-refractivity contribution in [2.24, 2.45) is 5.10 Å². The molecule has 6 heteroatoms. The van der Waals surface area contributed by atoms with Crippen LogP contribution in [0.4, 0.5) is 5.82 Å². The van der Waals surface area contributed by atoms with Crippen LogP contribution in [0, 0.1) is 6.92 Å². The summed E-state index contributed by atoms with van der Waals surface area (Å²) in [5.74, 6) is 0.649. The number of nitrogens with zero attached hydrogens (tertiary/aromatic N) is 3. The lowest BCUT2D eigenvalue weighted by Gasteiger charge is -2.10. The van der Waals surface area contributed by atoms with Gasteiger partial charge in [0.1, 0.15) is 11.0 Å². The lowest BCUT2D eigenvalue weighted by Crippen LogP contribution is -1.97. The maximum absolute atomic E-state index is 6.39. The molecule has 0 saturated heterocycles. The van der Waals surface area contributed by atoms with Crippen LogP contribution in [0.15, 0.2) is 88.4 Å². The van der Waals surface area contributed by atoms with Crippen molar-refractivity contribution in [1.29, 1.82) is 0 Å². The van der Waals surface area contributed by atoms with Gasteiger partial charge >= 0.3 is 0 Å². The molecular formula is C26H18BrClN4. The first kappa shape index (κ1) is 20.6. The summed E-state index contributed by atoms with van der Waals surface area (Å²) in [5.41, 5.74) is 8.88. The van der Waals surface area contributed by atoms with E-state index in [1.807, 2.05) is 61.5 Å². The Labute approximate surface area is 199 Å². The van der Waals surface area contributed by atoms with Crippen LogP contribution in [0.5, 0.6) is 0 Å². The van der Waals surface area contributed by atoms with Crippen molar-refractivity contribution in [3.8, 4) is 11.1 Å². The van der Waals surface area contributed by atoms with E-state index in [1.54, 1.807) is 6.21 Å². The number of nitrogens with one attached hydrogen (secondary N) is 1. The Kier molecular flexibility index (Phi) is 5.60. The quantitative estimate of drug-likeness (QED) is 0.156. The number of hydrazone groups is 1. The maximum atomic E-state index is 6.39. The number of benzene rings is 3. The van der Waals surface area contributed by atoms with Crippen molar-refractivity contribution < 1.29 is 0 Å². The Balaban J connectivity index is 1.50. The fourth-order valence-corrected chi connectivity index (χ4v) is 4.20. The van der Waals surface area contributed by atoms with E-state index in [0.717, 1.165) is 48.5 Å². The van der Waals surface area contributed by atoms with E-state index >= 15 is 0 Å². The van der Waals surface area contributed by atoms with E-state index in [9.17, 15) is 0 Å². The van der Waals surface area contributed by atoms with E-state index in [1.165, 1.54) is 0 Å². The van der Waals surface area contributed by atoms with Crippen LogP contribution in [0.2, 0.25) is 5.15 Å². The third-order valence-corrected chi connectivity index (χ3v) is 5.99. The molecule has 0 bridgehead atoms. The van der Waals surface area contributed by atoms with Gasteiger partial charge in [0.2, 0.25) is 0 Å². The van der Waals surface area contributed by atoms with Crippen molar-refractivity contribution in [1.82, 2.24) is 9.97 Å². The summed E-state index contributed by atoms with van der Waals surface area (Å²) in [4.78, 5) is 9.21. The largest absolute Gasteiger partial charge is 0.261 e. The molecule has 0 aliphatic carbocycles. The molecule has 1 N–H and O–H groups in total. The summed E-state index contributed by atoms with van der Waals surface area (Å²) in [6, 6.07) is 26.4. The number of fused-ring (bicyclic) bond motifs is 2. The van der Waals surface area contributed by atoms with Gasteiger partial charge in [-0.15, -0.1) is 0 Å². The van der Waals surface area contributed by atoms with Gasteiger partial charge in [-0.2, -0.15) is 5.10 Å². The normalized spacial score (nSPS) is 11.5. The molecule has 5 rings (SSSR count). The number of halogens is 2. The number of hydrogen-bond acceptors (Lipinski definition) is 4. The number of pyridine rings is 2. The molecule has 0 unspecified atom stereocenters. The number of rotatable bonds is 4. The minimum Gasteiger partial charge on any atom is -0.261 e. The van der Waals surface area contributed by atoms with Crippen LogP contribution in [0.25, 0.3) is 32.9 Å². The molecule has 0 fully saturated rings. The van der Waals surface area contributed by atoms with Gasteiger partial charge in [-0.1, -0.05) is 70.0 Å². The molecule has 4 nitrogen and oxygen atoms in total. The predicted molar refractivity (Wildman–Crippen MR) is 138 cm³/mol. The van der Waals surface area contributed by atoms with Crippen molar-refractivity contribution >= 4 is 61.4 Å². The molecule has 3 aromatic carbocycles. The van der Waals surface area contributed by atoms with Gasteiger partial charge in [-0.25, -0.2) is 9.97 Å². The zero-order chi connectivity index (χ0) is 22.1. The Morgan fingerprint density at radius 2 is 1.75 bits per heavy atom. The zero-order valence-electron chi connectivity index (χ0n) is 17.2. The zero-order valence-corrected chi connectivity index (χ0v) is 19.5. The molecule has 0 radical (unpaired) electrons. The van der Waals surface area contributed by atoms with Crippen molar-refractivity contribution in [2.75, 3.05) is 5.43 Å². The first-order chi connectivity index (χ1) is 15.6. The number of aromatic nitrogens is 2. The first-order valence-corrected chi connectivity index (χ1v) is 11.3. The van der Waals surface area contributed by atoms with E-state index < -0.39 is 0 Å². The maximum Gasteiger partial charge on any atom is 0.147 e. The Hall–Kier alpha value is -3.28. The highest BCUT2D eigenvalue weighted by Crippen LogP contribution is 2.32. The van der Waals surface area contributed by atoms with Crippen LogP contribution in [0.1, 0.15) is 11.1 Å². The fraction of sp³-hybridized carbons (Fsp3) is 0.0385. The molecule has 32 heavy (non-hydrogen) atoms. The monoisotopic (exact) mass is 500 g/mol. The molecule has 0 aliphatic rings. The van der Waals surface area contributed by atoms with Crippen LogP contribution in [0.3, 0.4) is 0 Å². The topological polar surface area (TPSA) is 50.2 Å².